The van der Waals surface area contributed by atoms with Gasteiger partial charge in [0.2, 0.25) is 0 Å². The first-order chi connectivity index (χ1) is 36.0. The number of fused-ring (bicyclic) bond motifs is 10. The van der Waals surface area contributed by atoms with Gasteiger partial charge in [0.1, 0.15) is 0 Å². The number of aromatic nitrogens is 2. The second-order valence-corrected chi connectivity index (χ2v) is 23.6. The highest BCUT2D eigenvalue weighted by Crippen LogP contribution is 2.54. The predicted molar refractivity (Wildman–Crippen MR) is 316 cm³/mol. The maximum absolute atomic E-state index is 2.68. The highest BCUT2D eigenvalue weighted by Gasteiger charge is 2.44. The van der Waals surface area contributed by atoms with E-state index < -0.39 is 0 Å². The van der Waals surface area contributed by atoms with Crippen LogP contribution in [0, 0.1) is 0 Å². The molecule has 4 aliphatic rings. The van der Waals surface area contributed by atoms with Gasteiger partial charge in [0.05, 0.1) is 27.8 Å². The molecule has 2 aromatic heterocycles. The van der Waals surface area contributed by atoms with Crippen molar-refractivity contribution >= 4 is 105 Å². The van der Waals surface area contributed by atoms with Crippen LogP contribution in [-0.4, -0.2) is 15.8 Å². The normalized spacial score (nSPS) is 13.5. The average molecular weight is 944 g/mol. The fraction of sp³-hybridized carbons (Fsp3) is 0.114. The molecule has 3 nitrogen and oxygen atoms in total. The molecule has 0 unspecified atom stereocenters. The molecule has 0 amide bonds. The maximum atomic E-state index is 2.68. The van der Waals surface area contributed by atoms with Gasteiger partial charge in [-0.05, 0) is 153 Å². The molecule has 74 heavy (non-hydrogen) atoms. The third-order valence-corrected chi connectivity index (χ3v) is 17.7. The highest BCUT2D eigenvalue weighted by atomic mass is 15.2. The Kier molecular flexibility index (Phi) is 7.59. The van der Waals surface area contributed by atoms with Crippen molar-refractivity contribution in [3.63, 3.8) is 0 Å². The first-order valence-electron chi connectivity index (χ1n) is 26.5. The molecule has 2 aliphatic carbocycles. The summed E-state index contributed by atoms with van der Waals surface area (Å²) in [5.41, 5.74) is 28.2. The highest BCUT2D eigenvalue weighted by molar-refractivity contribution is 7.00. The van der Waals surface area contributed by atoms with Crippen molar-refractivity contribution in [3.8, 4) is 55.9 Å². The zero-order valence-corrected chi connectivity index (χ0v) is 42.4. The van der Waals surface area contributed by atoms with Gasteiger partial charge in [0, 0.05) is 44.3 Å². The summed E-state index contributed by atoms with van der Waals surface area (Å²) in [5.74, 6) is 0. The molecular formula is C70H50BN3. The number of hydrogen-bond donors (Lipinski definition) is 0. The Morgan fingerprint density at radius 2 is 0.689 bits per heavy atom. The second-order valence-electron chi connectivity index (χ2n) is 23.6. The van der Waals surface area contributed by atoms with Gasteiger partial charge >= 0.3 is 0 Å². The van der Waals surface area contributed by atoms with Gasteiger partial charge in [0.25, 0.3) is 6.71 Å². The van der Waals surface area contributed by atoms with E-state index in [0.29, 0.717) is 0 Å². The van der Waals surface area contributed by atoms with Crippen LogP contribution in [0.25, 0.3) is 121 Å². The largest absolute Gasteiger partial charge is 0.310 e. The number of rotatable bonds is 3. The molecule has 17 rings (SSSR count). The molecule has 4 heterocycles. The van der Waals surface area contributed by atoms with E-state index in [-0.39, 0.29) is 17.5 Å². The van der Waals surface area contributed by atoms with Gasteiger partial charge in [0.15, 0.2) is 0 Å². The van der Waals surface area contributed by atoms with Crippen LogP contribution in [0.4, 0.5) is 17.1 Å². The summed E-state index contributed by atoms with van der Waals surface area (Å²) in [6, 6.07) is 75.4. The summed E-state index contributed by atoms with van der Waals surface area (Å²) < 4.78 is 5.36. The Morgan fingerprint density at radius 1 is 0.338 bits per heavy atom. The molecule has 0 radical (unpaired) electrons. The summed E-state index contributed by atoms with van der Waals surface area (Å²) in [4.78, 5) is 2.52. The lowest BCUT2D eigenvalue weighted by atomic mass is 9.34. The van der Waals surface area contributed by atoms with E-state index in [4.69, 9.17) is 0 Å². The molecular weight excluding hydrogens is 894 g/mol. The zero-order chi connectivity index (χ0) is 49.3. The standard InChI is InChI=1S/C70H50BN3/c1-69(2,3)41-25-29-43(30-26-41)72(44-31-27-42(28-32-44)70(4,5)6)45-37-58-66-59(38-45)74-57-24-12-22-51-47-18-8-14-40-16-10-20-49(61(40)47)53-34-36-55(68(74)65(53)63(51)57)71(66)54-35-33-52-48-19-9-15-39-13-7-17-46(60(39)48)50-21-11-23-56-62(50)64(52)67(54)73(56)58/h7-38H,1-6H3. The van der Waals surface area contributed by atoms with E-state index in [1.807, 2.05) is 0 Å². The summed E-state index contributed by atoms with van der Waals surface area (Å²) in [5, 5.41) is 10.6. The van der Waals surface area contributed by atoms with E-state index in [0.717, 1.165) is 17.1 Å². The van der Waals surface area contributed by atoms with Gasteiger partial charge in [-0.25, -0.2) is 0 Å². The van der Waals surface area contributed by atoms with Crippen LogP contribution in [0.5, 0.6) is 0 Å². The summed E-state index contributed by atoms with van der Waals surface area (Å²) >= 11 is 0. The molecule has 0 saturated heterocycles. The molecule has 348 valence electrons. The Bertz CT molecular complexity index is 4420. The second kappa shape index (κ2) is 13.7. The SMILES string of the molecule is CC(C)(C)c1ccc(N(c2ccc(C(C)(C)C)cc2)c2cc3c4c(c2)-n2c5cccc6c5c5c(ccc(c52)B4c2ccc4c5c7c(cccc7n-3c25)-c2cccc3cccc-4c23)-c2cccc3cccc-6c23)cc1. The summed E-state index contributed by atoms with van der Waals surface area (Å²) in [7, 11) is 0. The zero-order valence-electron chi connectivity index (χ0n) is 42.4. The third kappa shape index (κ3) is 5.04. The van der Waals surface area contributed by atoms with Crippen molar-refractivity contribution in [3.05, 3.63) is 205 Å². The van der Waals surface area contributed by atoms with E-state index >= 15 is 0 Å². The minimum absolute atomic E-state index is 0.0177. The topological polar surface area (TPSA) is 13.1 Å². The van der Waals surface area contributed by atoms with E-state index in [9.17, 15) is 0 Å². The molecule has 0 atom stereocenters. The van der Waals surface area contributed by atoms with E-state index in [2.05, 4.69) is 250 Å². The third-order valence-electron chi connectivity index (χ3n) is 17.7. The molecule has 0 N–H and O–H groups in total. The first kappa shape index (κ1) is 40.9. The van der Waals surface area contributed by atoms with Crippen molar-refractivity contribution in [1.82, 2.24) is 9.13 Å². The first-order valence-corrected chi connectivity index (χ1v) is 26.5. The maximum Gasteiger partial charge on any atom is 0.252 e. The van der Waals surface area contributed by atoms with Crippen molar-refractivity contribution in [1.29, 1.82) is 0 Å². The minimum atomic E-state index is -0.0221. The smallest absolute Gasteiger partial charge is 0.252 e. The van der Waals surface area contributed by atoms with Gasteiger partial charge < -0.3 is 14.0 Å². The van der Waals surface area contributed by atoms with Crippen LogP contribution in [0.2, 0.25) is 0 Å². The molecule has 0 saturated carbocycles. The Hall–Kier alpha value is -8.60. The lowest BCUT2D eigenvalue weighted by molar-refractivity contribution is 0.590. The van der Waals surface area contributed by atoms with Crippen LogP contribution in [0.3, 0.4) is 0 Å². The lowest BCUT2D eigenvalue weighted by Crippen LogP contribution is -2.59. The Morgan fingerprint density at radius 3 is 1.07 bits per heavy atom. The molecule has 0 spiro atoms. The molecule has 0 bridgehead atoms. The lowest BCUT2D eigenvalue weighted by Gasteiger charge is -2.36. The van der Waals surface area contributed by atoms with Crippen LogP contribution in [-0.2, 0) is 10.8 Å². The van der Waals surface area contributed by atoms with Gasteiger partial charge in [-0.1, -0.05) is 187 Å². The molecule has 11 aromatic carbocycles. The van der Waals surface area contributed by atoms with Crippen molar-refractivity contribution < 1.29 is 0 Å². The van der Waals surface area contributed by atoms with Crippen molar-refractivity contribution in [2.24, 2.45) is 0 Å². The van der Waals surface area contributed by atoms with Gasteiger partial charge in [-0.15, -0.1) is 0 Å². The molecule has 0 fully saturated rings. The summed E-state index contributed by atoms with van der Waals surface area (Å²) in [6.45, 7) is 13.8. The number of nitrogens with zero attached hydrogens (tertiary/aromatic N) is 3. The Balaban J connectivity index is 1.05. The Labute approximate surface area is 430 Å². The van der Waals surface area contributed by atoms with Crippen LogP contribution < -0.4 is 21.3 Å². The molecule has 13 aromatic rings. The average Bonchev–Trinajstić information content (AvgIpc) is 3.88. The van der Waals surface area contributed by atoms with Crippen molar-refractivity contribution in [2.75, 3.05) is 4.90 Å². The quantitative estimate of drug-likeness (QED) is 0.161. The number of hydrogen-bond acceptors (Lipinski definition) is 1. The fourth-order valence-corrected chi connectivity index (χ4v) is 14.4. The van der Waals surface area contributed by atoms with Crippen LogP contribution in [0.1, 0.15) is 52.7 Å². The summed E-state index contributed by atoms with van der Waals surface area (Å²) in [6.07, 6.45) is 0. The van der Waals surface area contributed by atoms with Gasteiger partial charge in [-0.2, -0.15) is 0 Å². The molecule has 2 aliphatic heterocycles. The fourth-order valence-electron chi connectivity index (χ4n) is 14.4. The monoisotopic (exact) mass is 943 g/mol. The predicted octanol–water partition coefficient (Wildman–Crippen LogP) is 16.7. The minimum Gasteiger partial charge on any atom is -0.310 e. The van der Waals surface area contributed by atoms with E-state index in [1.165, 1.54) is 149 Å². The number of benzene rings is 11. The van der Waals surface area contributed by atoms with Gasteiger partial charge in [-0.3, -0.25) is 0 Å². The number of anilines is 3. The molecule has 4 heteroatoms. The van der Waals surface area contributed by atoms with Crippen LogP contribution >= 0.6 is 0 Å². The van der Waals surface area contributed by atoms with Crippen LogP contribution in [0.15, 0.2) is 194 Å². The van der Waals surface area contributed by atoms with E-state index in [1.54, 1.807) is 0 Å². The van der Waals surface area contributed by atoms with Crippen molar-refractivity contribution in [2.45, 2.75) is 52.4 Å².